The largest absolute Gasteiger partial charge is 0.464 e. The lowest BCUT2D eigenvalue weighted by Crippen LogP contribution is -2.48. The minimum absolute atomic E-state index is 0.00381. The number of aromatic nitrogens is 3. The van der Waals surface area contributed by atoms with E-state index in [1.165, 1.54) is 34.4 Å². The molecule has 1 saturated heterocycles. The highest BCUT2D eigenvalue weighted by Crippen LogP contribution is 2.28. The van der Waals surface area contributed by atoms with E-state index in [0.717, 1.165) is 0 Å². The maximum absolute atomic E-state index is 12.8. The number of carbonyl (C=O) groups excluding carboxylic acids is 1. The first-order valence-electron chi connectivity index (χ1n) is 7.97. The van der Waals surface area contributed by atoms with Crippen LogP contribution in [0.1, 0.15) is 10.5 Å². The Balaban J connectivity index is 1.64. The van der Waals surface area contributed by atoms with Gasteiger partial charge >= 0.3 is 5.97 Å². The van der Waals surface area contributed by atoms with Crippen LogP contribution in [0.4, 0.5) is 0 Å². The average Bonchev–Trinajstić information content (AvgIpc) is 3.12. The highest BCUT2D eigenvalue weighted by atomic mass is 35.5. The number of ether oxygens (including phenoxy) is 1. The topological polar surface area (TPSA) is 97.6 Å². The van der Waals surface area contributed by atoms with Gasteiger partial charge in [-0.05, 0) is 18.2 Å². The van der Waals surface area contributed by atoms with Gasteiger partial charge < -0.3 is 4.74 Å². The molecule has 2 aromatic rings. The molecule has 146 valence electrons. The first kappa shape index (κ1) is 20.0. The van der Waals surface area contributed by atoms with Crippen molar-refractivity contribution >= 4 is 39.2 Å². The molecule has 0 N–H and O–H groups in total. The Morgan fingerprint density at radius 1 is 1.22 bits per heavy atom. The van der Waals surface area contributed by atoms with Gasteiger partial charge in [0.15, 0.2) is 5.69 Å². The van der Waals surface area contributed by atoms with Gasteiger partial charge in [0.1, 0.15) is 4.90 Å². The van der Waals surface area contributed by atoms with E-state index in [4.69, 9.17) is 23.2 Å². The maximum Gasteiger partial charge on any atom is 0.360 e. The van der Waals surface area contributed by atoms with E-state index < -0.39 is 16.0 Å². The number of nitrogens with zero attached hydrogens (tertiary/aromatic N) is 5. The number of esters is 1. The quantitative estimate of drug-likeness (QED) is 0.655. The molecule has 1 aliphatic heterocycles. The molecule has 2 heterocycles. The standard InChI is InChI=1S/C15H17Cl2N5O4S/c1-26-15(23)13-9-21(19-18-13)10-20-4-6-22(7-5-20)27(24,25)14-8-11(16)2-3-12(14)17/h2-3,8-9H,4-7,10H2,1H3. The van der Waals surface area contributed by atoms with Gasteiger partial charge in [-0.15, -0.1) is 5.10 Å². The van der Waals surface area contributed by atoms with Crippen molar-refractivity contribution in [3.63, 3.8) is 0 Å². The number of piperazine rings is 1. The summed E-state index contributed by atoms with van der Waals surface area (Å²) in [5, 5.41) is 8.07. The molecule has 0 unspecified atom stereocenters. The lowest BCUT2D eigenvalue weighted by Gasteiger charge is -2.33. The number of carbonyl (C=O) groups is 1. The van der Waals surface area contributed by atoms with Crippen molar-refractivity contribution in [2.24, 2.45) is 0 Å². The second kappa shape index (κ2) is 8.11. The van der Waals surface area contributed by atoms with Crippen LogP contribution in [0, 0.1) is 0 Å². The number of rotatable bonds is 5. The van der Waals surface area contributed by atoms with Crippen molar-refractivity contribution in [3.8, 4) is 0 Å². The molecule has 0 bridgehead atoms. The molecule has 0 aliphatic carbocycles. The Morgan fingerprint density at radius 2 is 1.93 bits per heavy atom. The summed E-state index contributed by atoms with van der Waals surface area (Å²) in [5.41, 5.74) is 0.120. The fraction of sp³-hybridized carbons (Fsp3) is 0.400. The van der Waals surface area contributed by atoms with Gasteiger partial charge in [0.25, 0.3) is 0 Å². The molecule has 0 atom stereocenters. The first-order chi connectivity index (χ1) is 12.8. The zero-order chi connectivity index (χ0) is 19.6. The maximum atomic E-state index is 12.8. The van der Waals surface area contributed by atoms with E-state index in [1.54, 1.807) is 6.07 Å². The summed E-state index contributed by atoms with van der Waals surface area (Å²) in [7, 11) is -2.46. The molecular formula is C15H17Cl2N5O4S. The van der Waals surface area contributed by atoms with Gasteiger partial charge in [0, 0.05) is 31.2 Å². The third kappa shape index (κ3) is 4.41. The molecule has 3 rings (SSSR count). The predicted molar refractivity (Wildman–Crippen MR) is 98.2 cm³/mol. The molecule has 0 radical (unpaired) electrons. The van der Waals surface area contributed by atoms with Gasteiger partial charge in [0.2, 0.25) is 10.0 Å². The number of sulfonamides is 1. The lowest BCUT2D eigenvalue weighted by molar-refractivity contribution is 0.0593. The molecule has 0 amide bonds. The summed E-state index contributed by atoms with van der Waals surface area (Å²) in [4.78, 5) is 13.4. The fourth-order valence-electron chi connectivity index (χ4n) is 2.70. The number of hydrogen-bond acceptors (Lipinski definition) is 7. The van der Waals surface area contributed by atoms with Crippen molar-refractivity contribution < 1.29 is 17.9 Å². The minimum Gasteiger partial charge on any atom is -0.464 e. The van der Waals surface area contributed by atoms with Gasteiger partial charge in [-0.1, -0.05) is 28.4 Å². The molecule has 1 aromatic heterocycles. The van der Waals surface area contributed by atoms with Crippen LogP contribution in [-0.2, 0) is 21.4 Å². The smallest absolute Gasteiger partial charge is 0.360 e. The van der Waals surface area contributed by atoms with Crippen molar-refractivity contribution in [2.45, 2.75) is 11.6 Å². The highest BCUT2D eigenvalue weighted by molar-refractivity contribution is 7.89. The van der Waals surface area contributed by atoms with Crippen LogP contribution in [0.5, 0.6) is 0 Å². The van der Waals surface area contributed by atoms with Crippen LogP contribution in [0.2, 0.25) is 10.0 Å². The van der Waals surface area contributed by atoms with E-state index in [1.807, 2.05) is 4.90 Å². The molecule has 0 saturated carbocycles. The second-order valence-electron chi connectivity index (χ2n) is 5.87. The predicted octanol–water partition coefficient (Wildman–Crippen LogP) is 1.34. The van der Waals surface area contributed by atoms with Crippen LogP contribution in [0.3, 0.4) is 0 Å². The van der Waals surface area contributed by atoms with Crippen molar-refractivity contribution in [2.75, 3.05) is 33.3 Å². The highest BCUT2D eigenvalue weighted by Gasteiger charge is 2.30. The van der Waals surface area contributed by atoms with E-state index in [-0.39, 0.29) is 15.6 Å². The van der Waals surface area contributed by atoms with Gasteiger partial charge in [0.05, 0.1) is 25.0 Å². The summed E-state index contributed by atoms with van der Waals surface area (Å²) in [6, 6.07) is 4.37. The molecule has 12 heteroatoms. The Kier molecular flexibility index (Phi) is 6.02. The summed E-state index contributed by atoms with van der Waals surface area (Å²) >= 11 is 12.0. The van der Waals surface area contributed by atoms with Crippen LogP contribution >= 0.6 is 23.2 Å². The number of benzene rings is 1. The Morgan fingerprint density at radius 3 is 2.59 bits per heavy atom. The summed E-state index contributed by atoms with van der Waals surface area (Å²) in [5.74, 6) is -0.560. The van der Waals surface area contributed by atoms with Crippen LogP contribution in [-0.4, -0.2) is 71.9 Å². The summed E-state index contributed by atoms with van der Waals surface area (Å²) < 4.78 is 33.1. The zero-order valence-electron chi connectivity index (χ0n) is 14.4. The molecule has 27 heavy (non-hydrogen) atoms. The third-order valence-electron chi connectivity index (χ3n) is 4.12. The van der Waals surface area contributed by atoms with E-state index >= 15 is 0 Å². The average molecular weight is 434 g/mol. The van der Waals surface area contributed by atoms with Crippen molar-refractivity contribution in [1.82, 2.24) is 24.2 Å². The van der Waals surface area contributed by atoms with E-state index in [0.29, 0.717) is 37.9 Å². The van der Waals surface area contributed by atoms with Gasteiger partial charge in [-0.3, -0.25) is 4.90 Å². The molecular weight excluding hydrogens is 417 g/mol. The fourth-order valence-corrected chi connectivity index (χ4v) is 4.86. The molecule has 1 fully saturated rings. The van der Waals surface area contributed by atoms with Crippen LogP contribution in [0.25, 0.3) is 0 Å². The molecule has 0 spiro atoms. The molecule has 1 aliphatic rings. The van der Waals surface area contributed by atoms with Crippen LogP contribution in [0.15, 0.2) is 29.3 Å². The Bertz CT molecular complexity index is 941. The second-order valence-corrected chi connectivity index (χ2v) is 8.62. The van der Waals surface area contributed by atoms with Crippen LogP contribution < -0.4 is 0 Å². The number of halogens is 2. The van der Waals surface area contributed by atoms with Crippen molar-refractivity contribution in [1.29, 1.82) is 0 Å². The Hall–Kier alpha value is -1.72. The lowest BCUT2D eigenvalue weighted by atomic mass is 10.4. The normalized spacial score (nSPS) is 16.4. The SMILES string of the molecule is COC(=O)c1cn(CN2CCN(S(=O)(=O)c3cc(Cl)ccc3Cl)CC2)nn1. The zero-order valence-corrected chi connectivity index (χ0v) is 16.7. The monoisotopic (exact) mass is 433 g/mol. The van der Waals surface area contributed by atoms with Gasteiger partial charge in [-0.25, -0.2) is 17.9 Å². The summed E-state index contributed by atoms with van der Waals surface area (Å²) in [6.07, 6.45) is 1.49. The first-order valence-corrected chi connectivity index (χ1v) is 10.2. The third-order valence-corrected chi connectivity index (χ3v) is 6.74. The van der Waals surface area contributed by atoms with Gasteiger partial charge in [-0.2, -0.15) is 4.31 Å². The number of hydrogen-bond donors (Lipinski definition) is 0. The molecule has 9 nitrogen and oxygen atoms in total. The number of methoxy groups -OCH3 is 1. The minimum atomic E-state index is -3.73. The van der Waals surface area contributed by atoms with E-state index in [2.05, 4.69) is 15.0 Å². The molecule has 1 aromatic carbocycles. The Labute approximate surface area is 166 Å². The van der Waals surface area contributed by atoms with E-state index in [9.17, 15) is 13.2 Å². The van der Waals surface area contributed by atoms with Crippen molar-refractivity contribution in [3.05, 3.63) is 40.1 Å². The summed E-state index contributed by atoms with van der Waals surface area (Å²) in [6.45, 7) is 1.96.